The zero-order chi connectivity index (χ0) is 16.8. The summed E-state index contributed by atoms with van der Waals surface area (Å²) in [4.78, 5) is 14.3. The molecule has 0 radical (unpaired) electrons. The van der Waals surface area contributed by atoms with Crippen molar-refractivity contribution >= 4 is 33.6 Å². The molecule has 2 aromatic rings. The minimum absolute atomic E-state index is 0.157. The average molecular weight is 410 g/mol. The summed E-state index contributed by atoms with van der Waals surface area (Å²) in [6.45, 7) is 1.74. The highest BCUT2D eigenvalue weighted by atomic mass is 79.9. The number of thioether (sulfide) groups is 1. The number of benzene rings is 1. The molecule has 1 aromatic heterocycles. The van der Waals surface area contributed by atoms with E-state index < -0.39 is 0 Å². The van der Waals surface area contributed by atoms with Crippen molar-refractivity contribution in [1.82, 2.24) is 15.1 Å². The van der Waals surface area contributed by atoms with Gasteiger partial charge in [-0.15, -0.1) is 10.2 Å². The lowest BCUT2D eigenvalue weighted by atomic mass is 10.1. The fraction of sp³-hybridized carbons (Fsp3) is 0.471. The fourth-order valence-electron chi connectivity index (χ4n) is 2.72. The van der Waals surface area contributed by atoms with Crippen LogP contribution in [0.4, 0.5) is 0 Å². The van der Waals surface area contributed by atoms with Crippen molar-refractivity contribution in [3.8, 4) is 11.5 Å². The van der Waals surface area contributed by atoms with Gasteiger partial charge in [-0.05, 0) is 31.0 Å². The molecule has 0 unspecified atom stereocenters. The van der Waals surface area contributed by atoms with E-state index in [0.29, 0.717) is 16.9 Å². The molecule has 0 aliphatic carbocycles. The molecular formula is C17H20BrN3O2S. The van der Waals surface area contributed by atoms with Gasteiger partial charge >= 0.3 is 0 Å². The third kappa shape index (κ3) is 4.83. The standard InChI is InChI=1S/C17H20BrN3O2S/c18-14-8-6-7-13(11-14)16-19-20-17(23-16)24-12-15(22)21-9-4-2-1-3-5-10-21/h6-8,11H,1-5,9-10,12H2. The van der Waals surface area contributed by atoms with Crippen molar-refractivity contribution in [3.63, 3.8) is 0 Å². The first-order chi connectivity index (χ1) is 11.7. The van der Waals surface area contributed by atoms with Crippen molar-refractivity contribution in [1.29, 1.82) is 0 Å². The zero-order valence-corrected chi connectivity index (χ0v) is 15.8. The van der Waals surface area contributed by atoms with Gasteiger partial charge in [-0.1, -0.05) is 53.0 Å². The smallest absolute Gasteiger partial charge is 0.277 e. The van der Waals surface area contributed by atoms with Crippen LogP contribution < -0.4 is 0 Å². The molecular weight excluding hydrogens is 390 g/mol. The van der Waals surface area contributed by atoms with Crippen LogP contribution in [0.1, 0.15) is 32.1 Å². The molecule has 0 saturated carbocycles. The van der Waals surface area contributed by atoms with Gasteiger partial charge in [-0.3, -0.25) is 4.79 Å². The van der Waals surface area contributed by atoms with Gasteiger partial charge in [0.25, 0.3) is 5.22 Å². The minimum atomic E-state index is 0.157. The van der Waals surface area contributed by atoms with E-state index in [9.17, 15) is 4.79 Å². The van der Waals surface area contributed by atoms with E-state index >= 15 is 0 Å². The molecule has 128 valence electrons. The lowest BCUT2D eigenvalue weighted by Crippen LogP contribution is -2.35. The molecule has 2 heterocycles. The second kappa shape index (κ2) is 8.67. The first-order valence-corrected chi connectivity index (χ1v) is 10.0. The third-order valence-electron chi connectivity index (χ3n) is 4.01. The number of hydrogen-bond acceptors (Lipinski definition) is 5. The van der Waals surface area contributed by atoms with E-state index in [1.165, 1.54) is 31.0 Å². The fourth-order valence-corrected chi connectivity index (χ4v) is 3.78. The second-order valence-electron chi connectivity index (χ2n) is 5.82. The Bertz CT molecular complexity index is 684. The SMILES string of the molecule is O=C(CSc1nnc(-c2cccc(Br)c2)o1)N1CCCCCCC1. The molecule has 0 spiro atoms. The molecule has 0 bridgehead atoms. The number of carbonyl (C=O) groups is 1. The molecule has 3 rings (SSSR count). The van der Waals surface area contributed by atoms with Gasteiger partial charge in [0.15, 0.2) is 0 Å². The van der Waals surface area contributed by atoms with Crippen LogP contribution in [0.25, 0.3) is 11.5 Å². The Morgan fingerprint density at radius 3 is 2.67 bits per heavy atom. The van der Waals surface area contributed by atoms with E-state index in [-0.39, 0.29) is 5.91 Å². The molecule has 24 heavy (non-hydrogen) atoms. The molecule has 1 saturated heterocycles. The van der Waals surface area contributed by atoms with Crippen LogP contribution in [-0.2, 0) is 4.79 Å². The average Bonchev–Trinajstić information content (AvgIpc) is 3.01. The Hall–Kier alpha value is -1.34. The van der Waals surface area contributed by atoms with Crippen LogP contribution >= 0.6 is 27.7 Å². The summed E-state index contributed by atoms with van der Waals surface area (Å²) >= 11 is 4.74. The summed E-state index contributed by atoms with van der Waals surface area (Å²) < 4.78 is 6.61. The number of aromatic nitrogens is 2. The van der Waals surface area contributed by atoms with E-state index in [1.54, 1.807) is 0 Å². The van der Waals surface area contributed by atoms with Crippen LogP contribution in [-0.4, -0.2) is 39.8 Å². The summed E-state index contributed by atoms with van der Waals surface area (Å²) in [6, 6.07) is 7.70. The van der Waals surface area contributed by atoms with Gasteiger partial charge in [-0.2, -0.15) is 0 Å². The molecule has 1 amide bonds. The number of rotatable bonds is 4. The minimum Gasteiger partial charge on any atom is -0.411 e. The maximum atomic E-state index is 12.4. The van der Waals surface area contributed by atoms with Gasteiger partial charge in [0.05, 0.1) is 5.75 Å². The first-order valence-electron chi connectivity index (χ1n) is 8.22. The van der Waals surface area contributed by atoms with Gasteiger partial charge in [0.1, 0.15) is 0 Å². The number of amides is 1. The topological polar surface area (TPSA) is 59.2 Å². The van der Waals surface area contributed by atoms with Crippen molar-refractivity contribution in [2.45, 2.75) is 37.3 Å². The van der Waals surface area contributed by atoms with Crippen molar-refractivity contribution in [3.05, 3.63) is 28.7 Å². The van der Waals surface area contributed by atoms with Crippen molar-refractivity contribution < 1.29 is 9.21 Å². The number of halogens is 1. The number of carbonyl (C=O) groups excluding carboxylic acids is 1. The predicted octanol–water partition coefficient (Wildman–Crippen LogP) is 4.38. The van der Waals surface area contributed by atoms with E-state index in [1.807, 2.05) is 29.2 Å². The Morgan fingerprint density at radius 2 is 1.92 bits per heavy atom. The van der Waals surface area contributed by atoms with Gasteiger partial charge in [-0.25, -0.2) is 0 Å². The molecule has 5 nitrogen and oxygen atoms in total. The summed E-state index contributed by atoms with van der Waals surface area (Å²) in [5.41, 5.74) is 0.860. The largest absolute Gasteiger partial charge is 0.411 e. The normalized spacial score (nSPS) is 15.8. The lowest BCUT2D eigenvalue weighted by molar-refractivity contribution is -0.128. The number of hydrogen-bond donors (Lipinski definition) is 0. The molecule has 0 N–H and O–H groups in total. The molecule has 7 heteroatoms. The molecule has 0 atom stereocenters. The Kier molecular flexibility index (Phi) is 6.31. The molecule has 1 fully saturated rings. The maximum Gasteiger partial charge on any atom is 0.277 e. The lowest BCUT2D eigenvalue weighted by Gasteiger charge is -2.24. The third-order valence-corrected chi connectivity index (χ3v) is 5.30. The molecule has 1 aliphatic rings. The molecule has 1 aromatic carbocycles. The van der Waals surface area contributed by atoms with Gasteiger partial charge in [0, 0.05) is 23.1 Å². The van der Waals surface area contributed by atoms with Gasteiger partial charge < -0.3 is 9.32 Å². The monoisotopic (exact) mass is 409 g/mol. The Balaban J connectivity index is 1.56. The highest BCUT2D eigenvalue weighted by Crippen LogP contribution is 2.25. The summed E-state index contributed by atoms with van der Waals surface area (Å²) in [6.07, 6.45) is 5.93. The number of likely N-dealkylation sites (tertiary alicyclic amines) is 1. The molecule has 1 aliphatic heterocycles. The van der Waals surface area contributed by atoms with Crippen LogP contribution in [0.15, 0.2) is 38.4 Å². The van der Waals surface area contributed by atoms with E-state index in [4.69, 9.17) is 4.42 Å². The van der Waals surface area contributed by atoms with Crippen LogP contribution in [0.2, 0.25) is 0 Å². The van der Waals surface area contributed by atoms with Crippen LogP contribution in [0, 0.1) is 0 Å². The first kappa shape index (κ1) is 17.5. The highest BCUT2D eigenvalue weighted by molar-refractivity contribution is 9.10. The predicted molar refractivity (Wildman–Crippen MR) is 97.8 cm³/mol. The number of nitrogens with zero attached hydrogens (tertiary/aromatic N) is 3. The van der Waals surface area contributed by atoms with E-state index in [0.717, 1.165) is 36.0 Å². The summed E-state index contributed by atoms with van der Waals surface area (Å²) in [7, 11) is 0. The Labute approximate surface area is 154 Å². The zero-order valence-electron chi connectivity index (χ0n) is 13.4. The Morgan fingerprint density at radius 1 is 1.17 bits per heavy atom. The van der Waals surface area contributed by atoms with Crippen molar-refractivity contribution in [2.75, 3.05) is 18.8 Å². The van der Waals surface area contributed by atoms with Crippen LogP contribution in [0.3, 0.4) is 0 Å². The maximum absolute atomic E-state index is 12.4. The van der Waals surface area contributed by atoms with Crippen LogP contribution in [0.5, 0.6) is 0 Å². The van der Waals surface area contributed by atoms with Gasteiger partial charge in [0.2, 0.25) is 11.8 Å². The summed E-state index contributed by atoms with van der Waals surface area (Å²) in [5, 5.41) is 8.53. The highest BCUT2D eigenvalue weighted by Gasteiger charge is 2.17. The second-order valence-corrected chi connectivity index (χ2v) is 7.66. The van der Waals surface area contributed by atoms with E-state index in [2.05, 4.69) is 26.1 Å². The van der Waals surface area contributed by atoms with Crippen molar-refractivity contribution in [2.24, 2.45) is 0 Å². The quantitative estimate of drug-likeness (QED) is 0.700. The summed E-state index contributed by atoms with van der Waals surface area (Å²) in [5.74, 6) is 0.974.